The number of aromatic nitrogens is 4. The van der Waals surface area contributed by atoms with Gasteiger partial charge in [-0.15, -0.1) is 0 Å². The summed E-state index contributed by atoms with van der Waals surface area (Å²) in [7, 11) is 0. The van der Waals surface area contributed by atoms with Crippen molar-refractivity contribution in [2.75, 3.05) is 0 Å². The number of pyridine rings is 2. The van der Waals surface area contributed by atoms with E-state index in [9.17, 15) is 4.79 Å². The molecular weight excluding hydrogens is 338 g/mol. The van der Waals surface area contributed by atoms with Crippen molar-refractivity contribution in [3.8, 4) is 5.82 Å². The first-order chi connectivity index (χ1) is 13.2. The monoisotopic (exact) mass is 361 g/mol. The first-order valence-electron chi connectivity index (χ1n) is 9.45. The molecular formula is C21H23N5O. The molecule has 3 heterocycles. The minimum Gasteiger partial charge on any atom is -0.268 e. The summed E-state index contributed by atoms with van der Waals surface area (Å²) in [4.78, 5) is 22.3. The quantitative estimate of drug-likeness (QED) is 0.719. The van der Waals surface area contributed by atoms with Crippen molar-refractivity contribution < 1.29 is 4.79 Å². The lowest BCUT2D eigenvalue weighted by molar-refractivity contribution is 0.0954. The molecule has 4 rings (SSSR count). The lowest BCUT2D eigenvalue weighted by atomic mass is 9.96. The molecule has 6 nitrogen and oxygen atoms in total. The molecule has 1 aliphatic rings. The fraction of sp³-hybridized carbons (Fsp3) is 0.333. The Morgan fingerprint density at radius 3 is 2.70 bits per heavy atom. The fourth-order valence-corrected chi connectivity index (χ4v) is 3.45. The van der Waals surface area contributed by atoms with E-state index in [1.807, 2.05) is 31.3 Å². The Kier molecular flexibility index (Phi) is 4.96. The third kappa shape index (κ3) is 3.89. The highest BCUT2D eigenvalue weighted by atomic mass is 16.2. The second kappa shape index (κ2) is 7.70. The van der Waals surface area contributed by atoms with Gasteiger partial charge in [0.25, 0.3) is 5.91 Å². The minimum atomic E-state index is -0.121. The molecule has 1 aliphatic carbocycles. The molecule has 0 atom stereocenters. The lowest BCUT2D eigenvalue weighted by Gasteiger charge is -2.18. The van der Waals surface area contributed by atoms with Gasteiger partial charge < -0.3 is 0 Å². The molecule has 27 heavy (non-hydrogen) atoms. The number of hydrogen-bond donors (Lipinski definition) is 0. The molecule has 6 heteroatoms. The lowest BCUT2D eigenvalue weighted by Crippen LogP contribution is -2.30. The van der Waals surface area contributed by atoms with Gasteiger partial charge in [0.05, 0.1) is 11.6 Å². The molecule has 0 aromatic carbocycles. The zero-order chi connectivity index (χ0) is 18.6. The van der Waals surface area contributed by atoms with Crippen LogP contribution in [0.5, 0.6) is 0 Å². The van der Waals surface area contributed by atoms with E-state index in [4.69, 9.17) is 4.99 Å². The summed E-state index contributed by atoms with van der Waals surface area (Å²) in [5.41, 5.74) is 2.35. The van der Waals surface area contributed by atoms with Gasteiger partial charge in [-0.25, -0.2) is 9.67 Å². The van der Waals surface area contributed by atoms with Gasteiger partial charge in [-0.1, -0.05) is 19.3 Å². The Balaban J connectivity index is 1.66. The summed E-state index contributed by atoms with van der Waals surface area (Å²) in [5.74, 6) is 0.557. The molecule has 0 bridgehead atoms. The van der Waals surface area contributed by atoms with Crippen LogP contribution >= 0.6 is 0 Å². The minimum absolute atomic E-state index is 0.121. The molecule has 3 aromatic heterocycles. The standard InChI is InChI=1S/C21H23N5O/c1-16-10-13-25(20(14-16)24-18-6-3-2-4-7-18)21(27)17-8-9-19(22-15-17)26-12-5-11-23-26/h5,8-15,18H,2-4,6-7H2,1H3. The number of rotatable bonds is 3. The zero-order valence-electron chi connectivity index (χ0n) is 15.5. The summed E-state index contributed by atoms with van der Waals surface area (Å²) in [6.45, 7) is 2.02. The van der Waals surface area contributed by atoms with E-state index in [1.165, 1.54) is 19.3 Å². The first kappa shape index (κ1) is 17.4. The molecule has 3 aromatic rings. The van der Waals surface area contributed by atoms with Gasteiger partial charge in [0.15, 0.2) is 5.82 Å². The first-order valence-corrected chi connectivity index (χ1v) is 9.45. The average molecular weight is 361 g/mol. The number of carbonyl (C=O) groups is 1. The molecule has 0 radical (unpaired) electrons. The Morgan fingerprint density at radius 2 is 2.00 bits per heavy atom. The molecule has 138 valence electrons. The second-order valence-corrected chi connectivity index (χ2v) is 7.01. The number of hydrogen-bond acceptors (Lipinski definition) is 4. The average Bonchev–Trinajstić information content (AvgIpc) is 3.23. The smallest absolute Gasteiger partial charge is 0.265 e. The molecule has 0 aliphatic heterocycles. The maximum absolute atomic E-state index is 13.1. The van der Waals surface area contributed by atoms with Crippen LogP contribution in [0, 0.1) is 6.92 Å². The van der Waals surface area contributed by atoms with Crippen molar-refractivity contribution in [1.29, 1.82) is 0 Å². The molecule has 0 unspecified atom stereocenters. The van der Waals surface area contributed by atoms with Crippen LogP contribution in [-0.4, -0.2) is 31.3 Å². The second-order valence-electron chi connectivity index (χ2n) is 7.01. The molecule has 0 amide bonds. The SMILES string of the molecule is Cc1ccn(C(=O)c2ccc(-n3cccn3)nc2)c(=NC2CCCCC2)c1. The van der Waals surface area contributed by atoms with Crippen LogP contribution in [0.3, 0.4) is 0 Å². The normalized spacial score (nSPS) is 15.8. The highest BCUT2D eigenvalue weighted by Gasteiger charge is 2.14. The summed E-state index contributed by atoms with van der Waals surface area (Å²) < 4.78 is 3.29. The van der Waals surface area contributed by atoms with Crippen molar-refractivity contribution in [2.24, 2.45) is 4.99 Å². The predicted molar refractivity (Wildman–Crippen MR) is 103 cm³/mol. The highest BCUT2D eigenvalue weighted by Crippen LogP contribution is 2.19. The van der Waals surface area contributed by atoms with Gasteiger partial charge in [0.1, 0.15) is 5.49 Å². The fourth-order valence-electron chi connectivity index (χ4n) is 3.45. The van der Waals surface area contributed by atoms with Crippen LogP contribution in [-0.2, 0) is 0 Å². The van der Waals surface area contributed by atoms with E-state index in [0.29, 0.717) is 17.4 Å². The van der Waals surface area contributed by atoms with Crippen LogP contribution in [0.4, 0.5) is 0 Å². The maximum atomic E-state index is 13.1. The van der Waals surface area contributed by atoms with Crippen LogP contribution in [0.15, 0.2) is 60.1 Å². The Hall–Kier alpha value is -3.02. The maximum Gasteiger partial charge on any atom is 0.265 e. The van der Waals surface area contributed by atoms with Crippen LogP contribution in [0.2, 0.25) is 0 Å². The molecule has 1 saturated carbocycles. The molecule has 0 N–H and O–H groups in total. The van der Waals surface area contributed by atoms with Crippen molar-refractivity contribution >= 4 is 5.91 Å². The van der Waals surface area contributed by atoms with Crippen LogP contribution in [0.25, 0.3) is 5.82 Å². The van der Waals surface area contributed by atoms with Crippen molar-refractivity contribution in [2.45, 2.75) is 45.1 Å². The predicted octanol–water partition coefficient (Wildman–Crippen LogP) is 3.30. The summed E-state index contributed by atoms with van der Waals surface area (Å²) in [6, 6.07) is 9.64. The van der Waals surface area contributed by atoms with Crippen molar-refractivity contribution in [1.82, 2.24) is 19.3 Å². The van der Waals surface area contributed by atoms with Crippen LogP contribution in [0.1, 0.15) is 48.0 Å². The van der Waals surface area contributed by atoms with Gasteiger partial charge >= 0.3 is 0 Å². The summed E-state index contributed by atoms with van der Waals surface area (Å²) in [6.07, 6.45) is 12.8. The van der Waals surface area contributed by atoms with Crippen LogP contribution < -0.4 is 5.49 Å². The number of nitrogens with zero attached hydrogens (tertiary/aromatic N) is 5. The third-order valence-electron chi connectivity index (χ3n) is 4.93. The highest BCUT2D eigenvalue weighted by molar-refractivity contribution is 5.95. The van der Waals surface area contributed by atoms with E-state index in [2.05, 4.69) is 10.1 Å². The van der Waals surface area contributed by atoms with Gasteiger partial charge in [0.2, 0.25) is 0 Å². The topological polar surface area (TPSA) is 65.1 Å². The Bertz CT molecular complexity index is 980. The number of carbonyl (C=O) groups excluding carboxylic acids is 1. The van der Waals surface area contributed by atoms with E-state index in [0.717, 1.165) is 23.9 Å². The third-order valence-corrected chi connectivity index (χ3v) is 4.93. The molecule has 1 fully saturated rings. The van der Waals surface area contributed by atoms with E-state index >= 15 is 0 Å². The van der Waals surface area contributed by atoms with Crippen molar-refractivity contribution in [3.05, 3.63) is 71.7 Å². The Morgan fingerprint density at radius 1 is 1.15 bits per heavy atom. The van der Waals surface area contributed by atoms with E-state index < -0.39 is 0 Å². The summed E-state index contributed by atoms with van der Waals surface area (Å²) >= 11 is 0. The van der Waals surface area contributed by atoms with E-state index in [-0.39, 0.29) is 5.91 Å². The number of aryl methyl sites for hydroxylation is 1. The largest absolute Gasteiger partial charge is 0.268 e. The van der Waals surface area contributed by atoms with E-state index in [1.54, 1.807) is 40.0 Å². The molecule has 0 spiro atoms. The summed E-state index contributed by atoms with van der Waals surface area (Å²) in [5, 5.41) is 4.16. The Labute approximate surface area is 158 Å². The van der Waals surface area contributed by atoms with Gasteiger partial charge in [0, 0.05) is 24.8 Å². The van der Waals surface area contributed by atoms with Gasteiger partial charge in [-0.3, -0.25) is 14.4 Å². The van der Waals surface area contributed by atoms with Gasteiger partial charge in [-0.2, -0.15) is 5.10 Å². The molecule has 0 saturated heterocycles. The van der Waals surface area contributed by atoms with Crippen molar-refractivity contribution in [3.63, 3.8) is 0 Å². The van der Waals surface area contributed by atoms with Gasteiger partial charge in [-0.05, 0) is 55.7 Å². The zero-order valence-corrected chi connectivity index (χ0v) is 15.5.